The summed E-state index contributed by atoms with van der Waals surface area (Å²) < 4.78 is 13.4. The molecule has 0 radical (unpaired) electrons. The molecule has 4 rings (SSSR count). The van der Waals surface area contributed by atoms with Crippen LogP contribution in [0.15, 0.2) is 24.1 Å². The maximum absolute atomic E-state index is 13.4. The number of rotatable bonds is 0. The van der Waals surface area contributed by atoms with Crippen LogP contribution in [0.4, 0.5) is 4.39 Å². The highest BCUT2D eigenvalue weighted by Crippen LogP contribution is 2.48. The van der Waals surface area contributed by atoms with Gasteiger partial charge in [-0.3, -0.25) is 0 Å². The molecule has 2 aliphatic heterocycles. The van der Waals surface area contributed by atoms with Crippen molar-refractivity contribution in [3.63, 3.8) is 0 Å². The van der Waals surface area contributed by atoms with Crippen molar-refractivity contribution in [3.05, 3.63) is 24.1 Å². The molecule has 2 nitrogen and oxygen atoms in total. The van der Waals surface area contributed by atoms with E-state index in [4.69, 9.17) is 0 Å². The van der Waals surface area contributed by atoms with Crippen LogP contribution in [0.25, 0.3) is 0 Å². The molecular weight excluding hydrogens is 227 g/mol. The largest absolute Gasteiger partial charge is 0.307 e. The predicted molar refractivity (Wildman–Crippen MR) is 69.7 cm³/mol. The molecule has 1 saturated carbocycles. The second-order valence-electron chi connectivity index (χ2n) is 6.59. The van der Waals surface area contributed by atoms with Gasteiger partial charge in [0.05, 0.1) is 0 Å². The topological polar surface area (TPSA) is 15.3 Å². The van der Waals surface area contributed by atoms with E-state index in [0.717, 1.165) is 17.8 Å². The van der Waals surface area contributed by atoms with Crippen molar-refractivity contribution in [2.75, 3.05) is 20.1 Å². The van der Waals surface area contributed by atoms with Gasteiger partial charge in [0, 0.05) is 31.1 Å². The van der Waals surface area contributed by atoms with E-state index in [9.17, 15) is 4.39 Å². The van der Waals surface area contributed by atoms with Crippen molar-refractivity contribution in [1.82, 2.24) is 10.2 Å². The summed E-state index contributed by atoms with van der Waals surface area (Å²) in [4.78, 5) is 2.48. The first-order valence-electron chi connectivity index (χ1n) is 7.22. The van der Waals surface area contributed by atoms with Crippen LogP contribution in [0.3, 0.4) is 0 Å². The first-order chi connectivity index (χ1) is 8.72. The number of fused-ring (bicyclic) bond motifs is 5. The molecule has 2 heterocycles. The van der Waals surface area contributed by atoms with Gasteiger partial charge >= 0.3 is 0 Å². The van der Waals surface area contributed by atoms with Gasteiger partial charge in [-0.05, 0) is 49.8 Å². The SMILES string of the molecule is CN1CC2CCC3NC4C=C(F)C=CC4C3C2C1. The number of halogens is 1. The fourth-order valence-corrected chi connectivity index (χ4v) is 4.93. The molecule has 6 atom stereocenters. The Bertz CT molecular complexity index is 417. The lowest BCUT2D eigenvalue weighted by molar-refractivity contribution is 0.161. The molecule has 6 unspecified atom stereocenters. The summed E-state index contributed by atoms with van der Waals surface area (Å²) in [5.74, 6) is 2.87. The van der Waals surface area contributed by atoms with E-state index in [1.165, 1.54) is 25.9 Å². The zero-order valence-corrected chi connectivity index (χ0v) is 10.8. The zero-order chi connectivity index (χ0) is 12.3. The van der Waals surface area contributed by atoms with Crippen molar-refractivity contribution >= 4 is 0 Å². The normalized spacial score (nSPS) is 50.7. The summed E-state index contributed by atoms with van der Waals surface area (Å²) in [6, 6.07) is 0.856. The monoisotopic (exact) mass is 248 g/mol. The van der Waals surface area contributed by atoms with Gasteiger partial charge in [-0.15, -0.1) is 0 Å². The molecule has 4 aliphatic rings. The number of allylic oxidation sites excluding steroid dienone is 2. The van der Waals surface area contributed by atoms with Gasteiger partial charge in [0.2, 0.25) is 0 Å². The summed E-state index contributed by atoms with van der Waals surface area (Å²) in [5.41, 5.74) is 0. The fraction of sp³-hybridized carbons (Fsp3) is 0.733. The molecule has 3 heteroatoms. The molecule has 0 aromatic carbocycles. The van der Waals surface area contributed by atoms with Crippen LogP contribution in [0.5, 0.6) is 0 Å². The molecule has 2 saturated heterocycles. The Balaban J connectivity index is 1.64. The van der Waals surface area contributed by atoms with Crippen molar-refractivity contribution in [2.24, 2.45) is 23.7 Å². The van der Waals surface area contributed by atoms with Crippen molar-refractivity contribution in [3.8, 4) is 0 Å². The summed E-state index contributed by atoms with van der Waals surface area (Å²) in [6.07, 6.45) is 8.21. The number of likely N-dealkylation sites (tertiary alicyclic amines) is 1. The molecule has 2 aliphatic carbocycles. The fourth-order valence-electron chi connectivity index (χ4n) is 4.93. The van der Waals surface area contributed by atoms with Gasteiger partial charge in [-0.25, -0.2) is 4.39 Å². The number of nitrogens with one attached hydrogen (secondary N) is 1. The van der Waals surface area contributed by atoms with E-state index in [1.807, 2.05) is 0 Å². The molecule has 0 spiro atoms. The molecule has 3 fully saturated rings. The minimum absolute atomic E-state index is 0.0671. The first-order valence-corrected chi connectivity index (χ1v) is 7.22. The van der Waals surface area contributed by atoms with E-state index in [0.29, 0.717) is 12.0 Å². The third-order valence-corrected chi connectivity index (χ3v) is 5.56. The average Bonchev–Trinajstić information content (AvgIpc) is 2.86. The van der Waals surface area contributed by atoms with E-state index in [1.54, 1.807) is 12.2 Å². The Hall–Kier alpha value is -0.670. The second-order valence-corrected chi connectivity index (χ2v) is 6.59. The van der Waals surface area contributed by atoms with Crippen LogP contribution in [0.2, 0.25) is 0 Å². The molecule has 18 heavy (non-hydrogen) atoms. The predicted octanol–water partition coefficient (Wildman–Crippen LogP) is 1.95. The van der Waals surface area contributed by atoms with E-state index < -0.39 is 0 Å². The minimum atomic E-state index is -0.0671. The van der Waals surface area contributed by atoms with Gasteiger partial charge in [0.25, 0.3) is 0 Å². The maximum atomic E-state index is 13.4. The summed E-state index contributed by atoms with van der Waals surface area (Å²) >= 11 is 0. The number of nitrogens with zero attached hydrogens (tertiary/aromatic N) is 1. The Kier molecular flexibility index (Phi) is 2.43. The number of hydrogen-bond donors (Lipinski definition) is 1. The van der Waals surface area contributed by atoms with Crippen LogP contribution in [-0.4, -0.2) is 37.1 Å². The van der Waals surface area contributed by atoms with Crippen LogP contribution in [0.1, 0.15) is 12.8 Å². The first kappa shape index (κ1) is 11.2. The van der Waals surface area contributed by atoms with E-state index >= 15 is 0 Å². The Labute approximate surface area is 108 Å². The Morgan fingerprint density at radius 2 is 2.22 bits per heavy atom. The maximum Gasteiger partial charge on any atom is 0.120 e. The summed E-state index contributed by atoms with van der Waals surface area (Å²) in [5, 5.41) is 3.67. The highest BCUT2D eigenvalue weighted by molar-refractivity contribution is 5.27. The molecule has 0 amide bonds. The molecule has 0 aromatic heterocycles. The van der Waals surface area contributed by atoms with Gasteiger partial charge < -0.3 is 10.2 Å². The molecule has 98 valence electrons. The van der Waals surface area contributed by atoms with Crippen LogP contribution in [0, 0.1) is 23.7 Å². The zero-order valence-electron chi connectivity index (χ0n) is 10.8. The molecule has 1 N–H and O–H groups in total. The standard InChI is InChI=1S/C15H21FN2/c1-18-7-9-2-5-13-15(12(9)8-18)11-4-3-10(16)6-14(11)17-13/h3-4,6,9,11-15,17H,2,5,7-8H2,1H3. The lowest BCUT2D eigenvalue weighted by Crippen LogP contribution is -2.40. The van der Waals surface area contributed by atoms with Crippen LogP contribution >= 0.6 is 0 Å². The minimum Gasteiger partial charge on any atom is -0.307 e. The molecular formula is C15H21FN2. The second kappa shape index (κ2) is 3.91. The molecule has 0 bridgehead atoms. The van der Waals surface area contributed by atoms with Crippen molar-refractivity contribution < 1.29 is 4.39 Å². The van der Waals surface area contributed by atoms with Gasteiger partial charge in [0.1, 0.15) is 5.83 Å². The lowest BCUT2D eigenvalue weighted by atomic mass is 9.67. The third-order valence-electron chi connectivity index (χ3n) is 5.56. The van der Waals surface area contributed by atoms with Crippen LogP contribution < -0.4 is 5.32 Å². The lowest BCUT2D eigenvalue weighted by Gasteiger charge is -2.37. The summed E-state index contributed by atoms with van der Waals surface area (Å²) in [6.45, 7) is 2.50. The van der Waals surface area contributed by atoms with Crippen LogP contribution in [-0.2, 0) is 0 Å². The van der Waals surface area contributed by atoms with Gasteiger partial charge in [0.15, 0.2) is 0 Å². The van der Waals surface area contributed by atoms with Crippen molar-refractivity contribution in [2.45, 2.75) is 24.9 Å². The average molecular weight is 248 g/mol. The molecule has 0 aromatic rings. The van der Waals surface area contributed by atoms with Gasteiger partial charge in [-0.1, -0.05) is 6.08 Å². The van der Waals surface area contributed by atoms with E-state index in [2.05, 4.69) is 23.3 Å². The quantitative estimate of drug-likeness (QED) is 0.705. The highest BCUT2D eigenvalue weighted by atomic mass is 19.1. The third kappa shape index (κ3) is 1.53. The van der Waals surface area contributed by atoms with Crippen molar-refractivity contribution in [1.29, 1.82) is 0 Å². The summed E-state index contributed by atoms with van der Waals surface area (Å²) in [7, 11) is 2.24. The number of hydrogen-bond acceptors (Lipinski definition) is 2. The Morgan fingerprint density at radius 3 is 3.11 bits per heavy atom. The van der Waals surface area contributed by atoms with E-state index in [-0.39, 0.29) is 11.9 Å². The smallest absolute Gasteiger partial charge is 0.120 e. The van der Waals surface area contributed by atoms with Gasteiger partial charge in [-0.2, -0.15) is 0 Å². The Morgan fingerprint density at radius 1 is 1.33 bits per heavy atom. The highest BCUT2D eigenvalue weighted by Gasteiger charge is 2.51.